The Labute approximate surface area is 144 Å². The summed E-state index contributed by atoms with van der Waals surface area (Å²) in [4.78, 5) is 0. The van der Waals surface area contributed by atoms with Crippen LogP contribution in [0.5, 0.6) is 0 Å². The third-order valence-electron chi connectivity index (χ3n) is 4.64. The molecule has 4 heteroatoms. The fraction of sp³-hybridized carbons (Fsp3) is 1.00. The molecule has 1 saturated carbocycles. The summed E-state index contributed by atoms with van der Waals surface area (Å²) in [6.45, 7) is 10.0. The molecule has 0 radical (unpaired) electrons. The maximum absolute atomic E-state index is 6.27. The molecule has 21 heavy (non-hydrogen) atoms. The number of methoxy groups -OCH3 is 1. The number of ether oxygens (including phenoxy) is 3. The third-order valence-corrected chi connectivity index (χ3v) is 6.03. The number of hydrogen-bond acceptors (Lipinski definition) is 3. The van der Waals surface area contributed by atoms with Crippen LogP contribution in [0.25, 0.3) is 0 Å². The summed E-state index contributed by atoms with van der Waals surface area (Å²) in [6, 6.07) is 0. The molecule has 0 bridgehead atoms. The van der Waals surface area contributed by atoms with Crippen LogP contribution in [0.15, 0.2) is 0 Å². The standard InChI is InChI=1S/C17H33IO3/c1-16(2,3)15-6-8-17(14-18,9-7-15)21-11-5-10-20-13-12-19-4/h15H,5-14H2,1-4H3. The Morgan fingerprint density at radius 2 is 1.71 bits per heavy atom. The molecule has 0 amide bonds. The zero-order chi connectivity index (χ0) is 15.8. The van der Waals surface area contributed by atoms with E-state index < -0.39 is 0 Å². The molecule has 0 unspecified atom stereocenters. The first-order valence-electron chi connectivity index (χ1n) is 8.20. The van der Waals surface area contributed by atoms with Crippen LogP contribution in [0.3, 0.4) is 0 Å². The minimum atomic E-state index is 0.120. The highest BCUT2D eigenvalue weighted by Gasteiger charge is 2.38. The Morgan fingerprint density at radius 1 is 1.05 bits per heavy atom. The van der Waals surface area contributed by atoms with Crippen LogP contribution in [0.2, 0.25) is 0 Å². The molecule has 0 aromatic carbocycles. The minimum absolute atomic E-state index is 0.120. The summed E-state index contributed by atoms with van der Waals surface area (Å²) >= 11 is 2.49. The Kier molecular flexibility index (Phi) is 9.06. The number of hydrogen-bond donors (Lipinski definition) is 0. The quantitative estimate of drug-likeness (QED) is 0.318. The van der Waals surface area contributed by atoms with E-state index in [9.17, 15) is 0 Å². The topological polar surface area (TPSA) is 27.7 Å². The van der Waals surface area contributed by atoms with Gasteiger partial charge >= 0.3 is 0 Å². The van der Waals surface area contributed by atoms with E-state index >= 15 is 0 Å². The molecule has 0 N–H and O–H groups in total. The first-order chi connectivity index (χ1) is 9.93. The fourth-order valence-electron chi connectivity index (χ4n) is 3.02. The maximum Gasteiger partial charge on any atom is 0.0771 e. The lowest BCUT2D eigenvalue weighted by molar-refractivity contribution is -0.0734. The molecule has 0 aliphatic heterocycles. The molecule has 126 valence electrons. The van der Waals surface area contributed by atoms with Gasteiger partial charge in [0.1, 0.15) is 0 Å². The predicted molar refractivity (Wildman–Crippen MR) is 96.3 cm³/mol. The van der Waals surface area contributed by atoms with Crippen LogP contribution < -0.4 is 0 Å². The molecule has 0 atom stereocenters. The van der Waals surface area contributed by atoms with Crippen LogP contribution in [0, 0.1) is 11.3 Å². The Hall–Kier alpha value is 0.610. The lowest BCUT2D eigenvalue weighted by Gasteiger charge is -2.43. The summed E-state index contributed by atoms with van der Waals surface area (Å²) in [5.41, 5.74) is 0.557. The zero-order valence-corrected chi connectivity index (χ0v) is 16.4. The molecule has 1 aliphatic rings. The molecule has 0 saturated heterocycles. The van der Waals surface area contributed by atoms with Crippen molar-refractivity contribution in [2.24, 2.45) is 11.3 Å². The molecule has 1 fully saturated rings. The van der Waals surface area contributed by atoms with Crippen molar-refractivity contribution in [2.45, 2.75) is 58.5 Å². The lowest BCUT2D eigenvalue weighted by Crippen LogP contribution is -2.41. The van der Waals surface area contributed by atoms with Gasteiger partial charge in [0.15, 0.2) is 0 Å². The molecule has 1 aliphatic carbocycles. The van der Waals surface area contributed by atoms with E-state index in [0.29, 0.717) is 18.6 Å². The van der Waals surface area contributed by atoms with E-state index in [4.69, 9.17) is 14.2 Å². The molecule has 0 aromatic heterocycles. The Bertz CT molecular complexity index is 268. The van der Waals surface area contributed by atoms with E-state index in [1.165, 1.54) is 25.7 Å². The summed E-state index contributed by atoms with van der Waals surface area (Å²) in [7, 11) is 1.70. The number of rotatable bonds is 9. The third kappa shape index (κ3) is 7.14. The number of halogens is 1. The lowest BCUT2D eigenvalue weighted by atomic mass is 9.69. The van der Waals surface area contributed by atoms with Crippen LogP contribution in [-0.2, 0) is 14.2 Å². The van der Waals surface area contributed by atoms with E-state index in [1.807, 2.05) is 0 Å². The zero-order valence-electron chi connectivity index (χ0n) is 14.3. The average Bonchev–Trinajstić information content (AvgIpc) is 2.46. The van der Waals surface area contributed by atoms with Crippen LogP contribution in [0.1, 0.15) is 52.9 Å². The molecule has 0 aromatic rings. The Morgan fingerprint density at radius 3 is 2.24 bits per heavy atom. The molecule has 0 spiro atoms. The monoisotopic (exact) mass is 412 g/mol. The highest BCUT2D eigenvalue weighted by Crippen LogP contribution is 2.43. The normalized spacial score (nSPS) is 27.0. The van der Waals surface area contributed by atoms with Gasteiger partial charge in [-0.25, -0.2) is 0 Å². The second-order valence-electron chi connectivity index (χ2n) is 7.26. The molecular formula is C17H33IO3. The second-order valence-corrected chi connectivity index (χ2v) is 8.03. The van der Waals surface area contributed by atoms with Crippen LogP contribution in [0.4, 0.5) is 0 Å². The van der Waals surface area contributed by atoms with Gasteiger partial charge in [0.25, 0.3) is 0 Å². The average molecular weight is 412 g/mol. The largest absolute Gasteiger partial charge is 0.382 e. The SMILES string of the molecule is COCCOCCCOC1(CI)CCC(C(C)(C)C)CC1. The van der Waals surface area contributed by atoms with Crippen molar-refractivity contribution < 1.29 is 14.2 Å². The van der Waals surface area contributed by atoms with Crippen LogP contribution >= 0.6 is 22.6 Å². The molecular weight excluding hydrogens is 379 g/mol. The molecule has 1 rings (SSSR count). The van der Waals surface area contributed by atoms with Crippen molar-refractivity contribution in [1.29, 1.82) is 0 Å². The predicted octanol–water partition coefficient (Wildman–Crippen LogP) is 4.47. The smallest absolute Gasteiger partial charge is 0.0771 e. The number of alkyl halides is 1. The van der Waals surface area contributed by atoms with E-state index in [-0.39, 0.29) is 5.60 Å². The summed E-state index contributed by atoms with van der Waals surface area (Å²) in [6.07, 6.45) is 6.00. The van der Waals surface area contributed by atoms with Crippen molar-refractivity contribution in [3.8, 4) is 0 Å². The molecule has 3 nitrogen and oxygen atoms in total. The van der Waals surface area contributed by atoms with Gasteiger partial charge in [0, 0.05) is 24.8 Å². The van der Waals surface area contributed by atoms with E-state index in [0.717, 1.165) is 30.0 Å². The summed E-state index contributed by atoms with van der Waals surface area (Å²) in [5.74, 6) is 0.842. The Balaban J connectivity index is 2.22. The van der Waals surface area contributed by atoms with Gasteiger partial charge < -0.3 is 14.2 Å². The fourth-order valence-corrected chi connectivity index (χ4v) is 4.00. The van der Waals surface area contributed by atoms with E-state index in [2.05, 4.69) is 43.4 Å². The first-order valence-corrected chi connectivity index (χ1v) is 9.73. The van der Waals surface area contributed by atoms with Gasteiger partial charge in [-0.05, 0) is 43.4 Å². The van der Waals surface area contributed by atoms with Crippen molar-refractivity contribution in [1.82, 2.24) is 0 Å². The van der Waals surface area contributed by atoms with Crippen molar-refractivity contribution in [2.75, 3.05) is 38.0 Å². The van der Waals surface area contributed by atoms with Gasteiger partial charge in [-0.15, -0.1) is 0 Å². The maximum atomic E-state index is 6.27. The summed E-state index contributed by atoms with van der Waals surface area (Å²) in [5, 5.41) is 0. The van der Waals surface area contributed by atoms with Crippen LogP contribution in [-0.4, -0.2) is 43.6 Å². The van der Waals surface area contributed by atoms with E-state index in [1.54, 1.807) is 7.11 Å². The van der Waals surface area contributed by atoms with Crippen molar-refractivity contribution >= 4 is 22.6 Å². The first kappa shape index (κ1) is 19.7. The van der Waals surface area contributed by atoms with Gasteiger partial charge in [-0.1, -0.05) is 43.4 Å². The highest BCUT2D eigenvalue weighted by atomic mass is 127. The van der Waals surface area contributed by atoms with Gasteiger partial charge in [-0.3, -0.25) is 0 Å². The summed E-state index contributed by atoms with van der Waals surface area (Å²) < 4.78 is 17.8. The van der Waals surface area contributed by atoms with Crippen molar-refractivity contribution in [3.63, 3.8) is 0 Å². The second kappa shape index (κ2) is 9.68. The molecule has 0 heterocycles. The van der Waals surface area contributed by atoms with Crippen molar-refractivity contribution in [3.05, 3.63) is 0 Å². The van der Waals surface area contributed by atoms with Gasteiger partial charge in [0.2, 0.25) is 0 Å². The van der Waals surface area contributed by atoms with Gasteiger partial charge in [-0.2, -0.15) is 0 Å². The van der Waals surface area contributed by atoms with Gasteiger partial charge in [0.05, 0.1) is 18.8 Å². The minimum Gasteiger partial charge on any atom is -0.382 e. The highest BCUT2D eigenvalue weighted by molar-refractivity contribution is 14.1.